The average molecular weight is 277 g/mol. The summed E-state index contributed by atoms with van der Waals surface area (Å²) in [5.74, 6) is 0.581. The van der Waals surface area contributed by atoms with Crippen molar-refractivity contribution in [1.82, 2.24) is 4.98 Å². The Hall–Kier alpha value is -1.88. The van der Waals surface area contributed by atoms with Gasteiger partial charge >= 0.3 is 5.97 Å². The van der Waals surface area contributed by atoms with E-state index in [-0.39, 0.29) is 12.4 Å². The monoisotopic (exact) mass is 277 g/mol. The summed E-state index contributed by atoms with van der Waals surface area (Å²) < 4.78 is 9.86. The van der Waals surface area contributed by atoms with E-state index in [9.17, 15) is 4.79 Å². The van der Waals surface area contributed by atoms with Crippen molar-refractivity contribution in [3.8, 4) is 16.3 Å². The number of benzene rings is 1. The number of carbonyl (C=O) groups is 1. The molecule has 2 aromatic rings. The first-order chi connectivity index (χ1) is 9.13. The van der Waals surface area contributed by atoms with Crippen LogP contribution >= 0.6 is 11.3 Å². The molecule has 0 radical (unpaired) electrons. The van der Waals surface area contributed by atoms with Crippen LogP contribution in [0.5, 0.6) is 5.75 Å². The quantitative estimate of drug-likeness (QED) is 0.806. The molecule has 0 saturated heterocycles. The number of aromatic nitrogens is 1. The Morgan fingerprint density at radius 1 is 1.37 bits per heavy atom. The van der Waals surface area contributed by atoms with Crippen molar-refractivity contribution < 1.29 is 14.3 Å². The molecule has 0 atom stereocenters. The molecule has 0 aliphatic rings. The lowest BCUT2D eigenvalue weighted by molar-refractivity contribution is -0.139. The second kappa shape index (κ2) is 5.84. The average Bonchev–Trinajstić information content (AvgIpc) is 2.87. The Bertz CT molecular complexity index is 592. The molecule has 1 aromatic carbocycles. The van der Waals surface area contributed by atoms with E-state index in [0.29, 0.717) is 0 Å². The summed E-state index contributed by atoms with van der Waals surface area (Å²) in [7, 11) is 3.03. The molecule has 0 unspecified atom stereocenters. The molecule has 1 heterocycles. The molecule has 0 bridgehead atoms. The van der Waals surface area contributed by atoms with Crippen LogP contribution in [-0.4, -0.2) is 25.2 Å². The van der Waals surface area contributed by atoms with Gasteiger partial charge in [0.15, 0.2) is 0 Å². The third-order valence-electron chi connectivity index (χ3n) is 2.75. The number of aryl methyl sites for hydroxylation is 1. The van der Waals surface area contributed by atoms with Crippen molar-refractivity contribution in [2.45, 2.75) is 13.3 Å². The number of thiazole rings is 1. The van der Waals surface area contributed by atoms with Gasteiger partial charge in [-0.25, -0.2) is 4.98 Å². The zero-order valence-electron chi connectivity index (χ0n) is 11.1. The van der Waals surface area contributed by atoms with Gasteiger partial charge in [-0.2, -0.15) is 0 Å². The molecule has 0 saturated carbocycles. The minimum Gasteiger partial charge on any atom is -0.496 e. The fourth-order valence-electron chi connectivity index (χ4n) is 1.75. The van der Waals surface area contributed by atoms with Gasteiger partial charge in [0.05, 0.1) is 26.3 Å². The third kappa shape index (κ3) is 3.12. The van der Waals surface area contributed by atoms with E-state index >= 15 is 0 Å². The zero-order chi connectivity index (χ0) is 13.8. The minimum absolute atomic E-state index is 0.210. The first-order valence-corrected chi connectivity index (χ1v) is 6.68. The van der Waals surface area contributed by atoms with Gasteiger partial charge in [-0.3, -0.25) is 4.79 Å². The van der Waals surface area contributed by atoms with Crippen molar-refractivity contribution in [2.75, 3.05) is 14.2 Å². The van der Waals surface area contributed by atoms with E-state index in [1.165, 1.54) is 18.4 Å². The zero-order valence-corrected chi connectivity index (χ0v) is 11.9. The number of hydrogen-bond acceptors (Lipinski definition) is 5. The summed E-state index contributed by atoms with van der Waals surface area (Å²) in [5.41, 5.74) is 2.82. The fourth-order valence-corrected chi connectivity index (χ4v) is 2.57. The van der Waals surface area contributed by atoms with Crippen LogP contribution in [-0.2, 0) is 16.0 Å². The molecule has 100 valence electrons. The van der Waals surface area contributed by atoms with Crippen molar-refractivity contribution >= 4 is 17.3 Å². The topological polar surface area (TPSA) is 48.4 Å². The lowest BCUT2D eigenvalue weighted by Crippen LogP contribution is -2.04. The maximum absolute atomic E-state index is 11.2. The maximum atomic E-state index is 11.2. The first kappa shape index (κ1) is 13.5. The normalized spacial score (nSPS) is 10.3. The Morgan fingerprint density at radius 2 is 2.16 bits per heavy atom. The molecule has 0 spiro atoms. The predicted octanol–water partition coefficient (Wildman–Crippen LogP) is 2.84. The molecule has 0 amide bonds. The highest BCUT2D eigenvalue weighted by atomic mass is 32.1. The molecule has 0 N–H and O–H groups in total. The van der Waals surface area contributed by atoms with E-state index in [1.54, 1.807) is 7.11 Å². The Balaban J connectivity index is 2.23. The number of nitrogens with zero attached hydrogens (tertiary/aromatic N) is 1. The summed E-state index contributed by atoms with van der Waals surface area (Å²) in [6.07, 6.45) is 0.210. The van der Waals surface area contributed by atoms with Crippen LogP contribution in [0.2, 0.25) is 0 Å². The van der Waals surface area contributed by atoms with Gasteiger partial charge < -0.3 is 9.47 Å². The number of methoxy groups -OCH3 is 2. The van der Waals surface area contributed by atoms with Crippen molar-refractivity contribution in [3.05, 3.63) is 34.8 Å². The molecule has 4 nitrogen and oxygen atoms in total. The molecule has 0 fully saturated rings. The first-order valence-electron chi connectivity index (χ1n) is 5.80. The highest BCUT2D eigenvalue weighted by Gasteiger charge is 2.10. The van der Waals surface area contributed by atoms with Gasteiger partial charge in [0, 0.05) is 10.9 Å². The van der Waals surface area contributed by atoms with Gasteiger partial charge in [0.25, 0.3) is 0 Å². The van der Waals surface area contributed by atoms with Crippen molar-refractivity contribution in [1.29, 1.82) is 0 Å². The molecule has 2 rings (SSSR count). The third-order valence-corrected chi connectivity index (χ3v) is 3.69. The van der Waals surface area contributed by atoms with Gasteiger partial charge in [0.1, 0.15) is 10.8 Å². The fraction of sp³-hybridized carbons (Fsp3) is 0.286. The highest BCUT2D eigenvalue weighted by molar-refractivity contribution is 7.13. The van der Waals surface area contributed by atoms with Crippen LogP contribution in [0.3, 0.4) is 0 Å². The van der Waals surface area contributed by atoms with E-state index in [1.807, 2.05) is 30.5 Å². The molecule has 0 aliphatic carbocycles. The maximum Gasteiger partial charge on any atom is 0.311 e. The van der Waals surface area contributed by atoms with Crippen LogP contribution in [0.15, 0.2) is 23.6 Å². The van der Waals surface area contributed by atoms with E-state index in [0.717, 1.165) is 27.6 Å². The number of hydrogen-bond donors (Lipinski definition) is 0. The number of carbonyl (C=O) groups excluding carboxylic acids is 1. The summed E-state index contributed by atoms with van der Waals surface area (Å²) in [5, 5.41) is 2.77. The summed E-state index contributed by atoms with van der Waals surface area (Å²) in [6, 6.07) is 5.91. The molecule has 19 heavy (non-hydrogen) atoms. The van der Waals surface area contributed by atoms with Gasteiger partial charge in [-0.15, -0.1) is 11.3 Å². The highest BCUT2D eigenvalue weighted by Crippen LogP contribution is 2.28. The molecular weight excluding hydrogens is 262 g/mol. The van der Waals surface area contributed by atoms with Gasteiger partial charge in [-0.05, 0) is 30.7 Å². The number of esters is 1. The summed E-state index contributed by atoms with van der Waals surface area (Å²) in [6.45, 7) is 1.99. The molecule has 0 aliphatic heterocycles. The van der Waals surface area contributed by atoms with Crippen LogP contribution in [0.25, 0.3) is 10.6 Å². The minimum atomic E-state index is -0.275. The van der Waals surface area contributed by atoms with Crippen molar-refractivity contribution in [2.24, 2.45) is 0 Å². The van der Waals surface area contributed by atoms with E-state index in [2.05, 4.69) is 9.72 Å². The lowest BCUT2D eigenvalue weighted by Gasteiger charge is -2.05. The Kier molecular flexibility index (Phi) is 4.16. The second-order valence-corrected chi connectivity index (χ2v) is 4.94. The largest absolute Gasteiger partial charge is 0.496 e. The van der Waals surface area contributed by atoms with Crippen LogP contribution in [0, 0.1) is 6.92 Å². The summed E-state index contributed by atoms with van der Waals surface area (Å²) in [4.78, 5) is 15.6. The van der Waals surface area contributed by atoms with Gasteiger partial charge in [-0.1, -0.05) is 0 Å². The van der Waals surface area contributed by atoms with Crippen LogP contribution in [0.4, 0.5) is 0 Å². The lowest BCUT2D eigenvalue weighted by atomic mass is 10.1. The standard InChI is InChI=1S/C14H15NO3S/c1-9-6-10(4-5-12(9)17-2)14-15-11(8-19-14)7-13(16)18-3/h4-6,8H,7H2,1-3H3. The van der Waals surface area contributed by atoms with Crippen LogP contribution < -0.4 is 4.74 Å². The Labute approximate surface area is 116 Å². The molecule has 1 aromatic heterocycles. The molecule has 5 heteroatoms. The predicted molar refractivity (Wildman–Crippen MR) is 74.6 cm³/mol. The van der Waals surface area contributed by atoms with E-state index < -0.39 is 0 Å². The second-order valence-electron chi connectivity index (χ2n) is 4.08. The number of ether oxygens (including phenoxy) is 2. The number of rotatable bonds is 4. The SMILES string of the molecule is COC(=O)Cc1csc(-c2ccc(OC)c(C)c2)n1. The Morgan fingerprint density at radius 3 is 2.79 bits per heavy atom. The van der Waals surface area contributed by atoms with Gasteiger partial charge in [0.2, 0.25) is 0 Å². The van der Waals surface area contributed by atoms with Crippen LogP contribution in [0.1, 0.15) is 11.3 Å². The molecular formula is C14H15NO3S. The smallest absolute Gasteiger partial charge is 0.311 e. The van der Waals surface area contributed by atoms with E-state index in [4.69, 9.17) is 4.74 Å². The summed E-state index contributed by atoms with van der Waals surface area (Å²) >= 11 is 1.52. The van der Waals surface area contributed by atoms with Crippen molar-refractivity contribution in [3.63, 3.8) is 0 Å².